The Morgan fingerprint density at radius 2 is 2.31 bits per heavy atom. The first-order valence-electron chi connectivity index (χ1n) is 5.50. The number of hydrogen-bond donors (Lipinski definition) is 0. The van der Waals surface area contributed by atoms with Crippen LogP contribution in [0.15, 0.2) is 16.8 Å². The van der Waals surface area contributed by atoms with E-state index in [0.717, 1.165) is 17.8 Å². The van der Waals surface area contributed by atoms with Crippen LogP contribution in [0.25, 0.3) is 0 Å². The smallest absolute Gasteiger partial charge is 0.236 e. The summed E-state index contributed by atoms with van der Waals surface area (Å²) in [6, 6.07) is -0.544. The molecule has 0 aromatic heterocycles. The van der Waals surface area contributed by atoms with Gasteiger partial charge in [-0.05, 0) is 5.57 Å². The summed E-state index contributed by atoms with van der Waals surface area (Å²) in [5.41, 5.74) is 2.09. The first-order valence-corrected chi connectivity index (χ1v) is 5.50. The van der Waals surface area contributed by atoms with Crippen LogP contribution in [0.2, 0.25) is 0 Å². The Labute approximate surface area is 95.0 Å². The fourth-order valence-electron chi connectivity index (χ4n) is 2.63. The predicted molar refractivity (Wildman–Crippen MR) is 62.2 cm³/mol. The van der Waals surface area contributed by atoms with Gasteiger partial charge in [0.1, 0.15) is 6.54 Å². The minimum absolute atomic E-state index is 0.000399. The van der Waals surface area contributed by atoms with Gasteiger partial charge in [0.05, 0.1) is 0 Å². The predicted octanol–water partition coefficient (Wildman–Crippen LogP) is 1.33. The largest absolute Gasteiger partial charge is 0.379 e. The fraction of sp³-hybridized carbons (Fsp3) is 0.727. The van der Waals surface area contributed by atoms with Crippen LogP contribution < -0.4 is 0 Å². The molecule has 0 radical (unpaired) electrons. The Kier molecular flexibility index (Phi) is 2.48. The van der Waals surface area contributed by atoms with E-state index in [9.17, 15) is 10.1 Å². The van der Waals surface area contributed by atoms with Crippen LogP contribution >= 0.6 is 0 Å². The SMILES string of the molecule is CN1C=C2CC([N+](=O)[O-])CN=C2C(C)(C)C1. The monoisotopic (exact) mass is 223 g/mol. The van der Waals surface area contributed by atoms with Crippen molar-refractivity contribution in [3.8, 4) is 0 Å². The molecule has 2 heterocycles. The molecule has 2 aliphatic rings. The summed E-state index contributed by atoms with van der Waals surface area (Å²) in [6.07, 6.45) is 2.51. The molecule has 0 bridgehead atoms. The average Bonchev–Trinajstić information content (AvgIpc) is 2.14. The van der Waals surface area contributed by atoms with Crippen LogP contribution in [-0.4, -0.2) is 41.7 Å². The normalized spacial score (nSPS) is 27.9. The molecule has 5 nitrogen and oxygen atoms in total. The van der Waals surface area contributed by atoms with Gasteiger partial charge in [-0.1, -0.05) is 13.8 Å². The van der Waals surface area contributed by atoms with E-state index in [1.165, 1.54) is 0 Å². The van der Waals surface area contributed by atoms with Crippen molar-refractivity contribution in [3.05, 3.63) is 21.9 Å². The molecule has 2 rings (SSSR count). The standard InChI is InChI=1S/C11H17N3O2/c1-11(2)7-13(3)6-8-4-9(14(15)16)5-12-10(8)11/h6,9H,4-5,7H2,1-3H3. The second-order valence-electron chi connectivity index (χ2n) is 5.29. The van der Waals surface area contributed by atoms with Gasteiger partial charge >= 0.3 is 0 Å². The van der Waals surface area contributed by atoms with Gasteiger partial charge in [0, 0.05) is 42.3 Å². The lowest BCUT2D eigenvalue weighted by Crippen LogP contribution is -2.44. The molecule has 0 spiro atoms. The quantitative estimate of drug-likeness (QED) is 0.497. The molecule has 1 atom stereocenters. The Balaban J connectivity index is 2.33. The third kappa shape index (κ3) is 1.81. The second-order valence-corrected chi connectivity index (χ2v) is 5.29. The number of hydrogen-bond acceptors (Lipinski definition) is 4. The van der Waals surface area contributed by atoms with Crippen molar-refractivity contribution in [2.75, 3.05) is 20.1 Å². The maximum absolute atomic E-state index is 10.8. The van der Waals surface area contributed by atoms with Gasteiger partial charge in [-0.15, -0.1) is 0 Å². The van der Waals surface area contributed by atoms with E-state index in [0.29, 0.717) is 13.0 Å². The van der Waals surface area contributed by atoms with Crippen LogP contribution in [0, 0.1) is 15.5 Å². The molecule has 0 amide bonds. The van der Waals surface area contributed by atoms with Gasteiger partial charge in [-0.25, -0.2) is 0 Å². The van der Waals surface area contributed by atoms with Crippen LogP contribution in [-0.2, 0) is 0 Å². The van der Waals surface area contributed by atoms with E-state index in [1.807, 2.05) is 13.2 Å². The van der Waals surface area contributed by atoms with Gasteiger partial charge in [-0.3, -0.25) is 15.1 Å². The number of nitro groups is 1. The van der Waals surface area contributed by atoms with Crippen molar-refractivity contribution < 1.29 is 4.92 Å². The minimum Gasteiger partial charge on any atom is -0.379 e. The average molecular weight is 223 g/mol. The van der Waals surface area contributed by atoms with E-state index in [2.05, 4.69) is 23.7 Å². The maximum Gasteiger partial charge on any atom is 0.236 e. The van der Waals surface area contributed by atoms with Gasteiger partial charge in [-0.2, -0.15) is 0 Å². The van der Waals surface area contributed by atoms with E-state index < -0.39 is 6.04 Å². The van der Waals surface area contributed by atoms with Gasteiger partial charge < -0.3 is 4.90 Å². The zero-order valence-electron chi connectivity index (χ0n) is 9.93. The highest BCUT2D eigenvalue weighted by molar-refractivity contribution is 6.05. The fourth-order valence-corrected chi connectivity index (χ4v) is 2.63. The Bertz CT molecular complexity index is 385. The lowest BCUT2D eigenvalue weighted by Gasteiger charge is -2.39. The zero-order valence-corrected chi connectivity index (χ0v) is 9.93. The summed E-state index contributed by atoms with van der Waals surface area (Å²) in [5.74, 6) is 0. The Morgan fingerprint density at radius 3 is 2.94 bits per heavy atom. The van der Waals surface area contributed by atoms with Crippen LogP contribution in [0.1, 0.15) is 20.3 Å². The van der Waals surface area contributed by atoms with Crippen molar-refractivity contribution in [1.82, 2.24) is 4.90 Å². The van der Waals surface area contributed by atoms with Crippen molar-refractivity contribution >= 4 is 5.71 Å². The molecule has 0 aromatic rings. The summed E-state index contributed by atoms with van der Waals surface area (Å²) in [6.45, 7) is 5.52. The molecule has 0 saturated heterocycles. The molecule has 0 saturated carbocycles. The molecule has 0 aliphatic carbocycles. The molecule has 1 unspecified atom stereocenters. The minimum atomic E-state index is -0.544. The van der Waals surface area contributed by atoms with E-state index in [1.54, 1.807) is 0 Å². The second kappa shape index (κ2) is 3.57. The highest BCUT2D eigenvalue weighted by atomic mass is 16.6. The number of aliphatic imine (C=N–C) groups is 1. The Morgan fingerprint density at radius 1 is 1.62 bits per heavy atom. The van der Waals surface area contributed by atoms with E-state index in [-0.39, 0.29) is 10.3 Å². The molecule has 5 heteroatoms. The van der Waals surface area contributed by atoms with Crippen molar-refractivity contribution in [3.63, 3.8) is 0 Å². The van der Waals surface area contributed by atoms with Crippen molar-refractivity contribution in [2.45, 2.75) is 26.3 Å². The van der Waals surface area contributed by atoms with Crippen LogP contribution in [0.4, 0.5) is 0 Å². The highest BCUT2D eigenvalue weighted by Crippen LogP contribution is 2.33. The summed E-state index contributed by atoms with van der Waals surface area (Å²) in [5, 5.41) is 10.8. The van der Waals surface area contributed by atoms with Crippen LogP contribution in [0.5, 0.6) is 0 Å². The number of rotatable bonds is 1. The molecule has 88 valence electrons. The number of fused-ring (bicyclic) bond motifs is 1. The summed E-state index contributed by atoms with van der Waals surface area (Å²) in [7, 11) is 2.00. The van der Waals surface area contributed by atoms with Crippen LogP contribution in [0.3, 0.4) is 0 Å². The number of nitrogens with zero attached hydrogens (tertiary/aromatic N) is 3. The molecule has 2 aliphatic heterocycles. The van der Waals surface area contributed by atoms with E-state index in [4.69, 9.17) is 0 Å². The lowest BCUT2D eigenvalue weighted by molar-refractivity contribution is -0.519. The molecule has 0 fully saturated rings. The molecule has 16 heavy (non-hydrogen) atoms. The summed E-state index contributed by atoms with van der Waals surface area (Å²) >= 11 is 0. The summed E-state index contributed by atoms with van der Waals surface area (Å²) < 4.78 is 0. The molecule has 0 N–H and O–H groups in total. The summed E-state index contributed by atoms with van der Waals surface area (Å²) in [4.78, 5) is 17.1. The van der Waals surface area contributed by atoms with Gasteiger partial charge in [0.2, 0.25) is 6.04 Å². The van der Waals surface area contributed by atoms with Gasteiger partial charge in [0.25, 0.3) is 0 Å². The molecule has 0 aromatic carbocycles. The zero-order chi connectivity index (χ0) is 11.9. The topological polar surface area (TPSA) is 58.7 Å². The van der Waals surface area contributed by atoms with Crippen molar-refractivity contribution in [2.24, 2.45) is 10.4 Å². The van der Waals surface area contributed by atoms with E-state index >= 15 is 0 Å². The lowest BCUT2D eigenvalue weighted by atomic mass is 9.77. The first-order chi connectivity index (χ1) is 7.40. The Hall–Kier alpha value is -1.39. The van der Waals surface area contributed by atoms with Gasteiger partial charge in [0.15, 0.2) is 0 Å². The maximum atomic E-state index is 10.8. The highest BCUT2D eigenvalue weighted by Gasteiger charge is 2.38. The third-order valence-electron chi connectivity index (χ3n) is 3.18. The third-order valence-corrected chi connectivity index (χ3v) is 3.18. The molecular formula is C11H17N3O2. The molecular weight excluding hydrogens is 206 g/mol. The first kappa shape index (κ1) is 11.1. The van der Waals surface area contributed by atoms with Crippen molar-refractivity contribution in [1.29, 1.82) is 0 Å².